The first-order chi connectivity index (χ1) is 58.2. The van der Waals surface area contributed by atoms with Crippen LogP contribution in [-0.2, 0) is 10.8 Å². The molecule has 1 nitrogen and oxygen atoms in total. The summed E-state index contributed by atoms with van der Waals surface area (Å²) in [5, 5.41) is 0. The molecule has 0 N–H and O–H groups in total. The minimum atomic E-state index is -0.583. The number of hydrogen-bond acceptors (Lipinski definition) is 1. The van der Waals surface area contributed by atoms with Gasteiger partial charge in [-0.15, -0.1) is 0 Å². The Morgan fingerprint density at radius 2 is 0.525 bits per heavy atom. The van der Waals surface area contributed by atoms with Crippen molar-refractivity contribution in [2.75, 3.05) is 0 Å². The third-order valence-corrected chi connectivity index (χ3v) is 23.6. The molecule has 1 heteroatoms. The van der Waals surface area contributed by atoms with Gasteiger partial charge in [-0.3, -0.25) is 0 Å². The van der Waals surface area contributed by atoms with Crippen LogP contribution in [0.2, 0.25) is 0 Å². The van der Waals surface area contributed by atoms with Crippen molar-refractivity contribution in [3.63, 3.8) is 0 Å². The summed E-state index contributed by atoms with van der Waals surface area (Å²) < 4.78 is 7.18. The molecule has 17 aromatic rings. The van der Waals surface area contributed by atoms with Crippen molar-refractivity contribution < 1.29 is 4.74 Å². The zero-order chi connectivity index (χ0) is 79.8. The summed E-state index contributed by atoms with van der Waals surface area (Å²) >= 11 is 0. The zero-order valence-electron chi connectivity index (χ0n) is 66.7. The molecule has 0 fully saturated rings. The van der Waals surface area contributed by atoms with Crippen molar-refractivity contribution in [2.24, 2.45) is 0 Å². The van der Waals surface area contributed by atoms with Gasteiger partial charge in [0, 0.05) is 44.7 Å². The zero-order valence-corrected chi connectivity index (χ0v) is 66.7. The second kappa shape index (κ2) is 33.3. The highest BCUT2D eigenvalue weighted by molar-refractivity contribution is 6.15. The molecule has 1 aliphatic rings. The van der Waals surface area contributed by atoms with Gasteiger partial charge >= 0.3 is 0 Å². The molecule has 18 rings (SSSR count). The van der Waals surface area contributed by atoms with Crippen LogP contribution in [0.15, 0.2) is 419 Å². The Hall–Kier alpha value is -14.8. The molecule has 0 bridgehead atoms. The maximum atomic E-state index is 7.18. The van der Waals surface area contributed by atoms with Crippen LogP contribution in [0.4, 0.5) is 0 Å². The van der Waals surface area contributed by atoms with Crippen LogP contribution < -0.4 is 4.74 Å². The van der Waals surface area contributed by atoms with Crippen molar-refractivity contribution >= 4 is 0 Å². The van der Waals surface area contributed by atoms with Crippen molar-refractivity contribution in [1.82, 2.24) is 0 Å². The van der Waals surface area contributed by atoms with E-state index in [-0.39, 0.29) is 11.3 Å². The minimum absolute atomic E-state index is 0.109. The smallest absolute Gasteiger partial charge is 0.127 e. The first kappa shape index (κ1) is 74.6. The number of benzene rings is 17. The molecule has 2 unspecified atom stereocenters. The molecule has 1 aliphatic carbocycles. The van der Waals surface area contributed by atoms with Gasteiger partial charge in [-0.25, -0.2) is 0 Å². The third kappa shape index (κ3) is 14.8. The Balaban J connectivity index is 0.830. The Labute approximate surface area is 695 Å². The third-order valence-electron chi connectivity index (χ3n) is 23.6. The minimum Gasteiger partial charge on any atom is -0.457 e. The van der Waals surface area contributed by atoms with Gasteiger partial charge in [0.15, 0.2) is 0 Å². The Morgan fingerprint density at radius 1 is 0.254 bits per heavy atom. The van der Waals surface area contributed by atoms with E-state index < -0.39 is 5.41 Å². The molecule has 0 aliphatic heterocycles. The molecule has 0 saturated carbocycles. The first-order valence-electron chi connectivity index (χ1n) is 41.0. The largest absolute Gasteiger partial charge is 0.457 e. The summed E-state index contributed by atoms with van der Waals surface area (Å²) in [6.07, 6.45) is 1.73. The lowest BCUT2D eigenvalue weighted by atomic mass is 9.46. The predicted octanol–water partition coefficient (Wildman–Crippen LogP) is 29.9. The van der Waals surface area contributed by atoms with Crippen LogP contribution in [0.25, 0.3) is 111 Å². The van der Waals surface area contributed by atoms with Crippen LogP contribution >= 0.6 is 0 Å². The van der Waals surface area contributed by atoms with E-state index in [1.807, 2.05) is 42.5 Å². The molecular formula is C117H86O. The molecule has 0 saturated heterocycles. The number of rotatable bonds is 17. The molecule has 0 radical (unpaired) electrons. The fraction of sp³-hybridized carbons (Fsp3) is 0.0769. The number of hydrogen-bond donors (Lipinski definition) is 0. The van der Waals surface area contributed by atoms with Crippen molar-refractivity contribution in [3.8, 4) is 158 Å². The summed E-state index contributed by atoms with van der Waals surface area (Å²) in [5.74, 6) is 23.0. The van der Waals surface area contributed by atoms with Gasteiger partial charge in [0.25, 0.3) is 0 Å². The highest BCUT2D eigenvalue weighted by atomic mass is 16.5. The number of ether oxygens (including phenoxy) is 1. The van der Waals surface area contributed by atoms with Crippen LogP contribution in [0.1, 0.15) is 108 Å². The topological polar surface area (TPSA) is 9.23 Å². The lowest BCUT2D eigenvalue weighted by Gasteiger charge is -2.55. The predicted molar refractivity (Wildman–Crippen MR) is 494 cm³/mol. The standard InChI is InChI=1S/C117H86O/c1-5-116(3,4)99-78-87(67-64-84-44-22-9-23-45-84)77-98(81-99)111-105(90-50-28-12-29-51-90)103(88-46-24-10-25-47-88)107(104(89-48-26-11-27-49-89)106(111)91-52-30-13-31-53-91)95-68-72-101(73-69-95)118-102-74-70-96(71-75-102)108-109(92-54-32-14-33-55-92)112(94-58-36-16-37-59-94)115-113(110(108)93-56-34-15-35-57-93)114(97-60-38-17-39-61-97)117(115,6-2)100-79-85(65-62-82-40-18-7-19-41-82)76-86(80-100)66-63-83-42-20-8-21-43-83/h7-61,68-81,114H,5-6H2,1-4H3. The van der Waals surface area contributed by atoms with Gasteiger partial charge in [0.05, 0.1) is 0 Å². The Morgan fingerprint density at radius 3 is 0.864 bits per heavy atom. The van der Waals surface area contributed by atoms with Gasteiger partial charge in [-0.1, -0.05) is 391 Å². The second-order valence-corrected chi connectivity index (χ2v) is 31.1. The Bertz CT molecular complexity index is 6470. The molecule has 0 amide bonds. The van der Waals surface area contributed by atoms with Crippen LogP contribution in [0, 0.1) is 35.5 Å². The molecule has 2 atom stereocenters. The molecule has 17 aromatic carbocycles. The molecular weight excluding hydrogens is 1420 g/mol. The Kier molecular flexibility index (Phi) is 21.1. The lowest BCUT2D eigenvalue weighted by Crippen LogP contribution is -2.46. The van der Waals surface area contributed by atoms with Crippen molar-refractivity contribution in [1.29, 1.82) is 0 Å². The van der Waals surface area contributed by atoms with E-state index in [2.05, 4.69) is 439 Å². The van der Waals surface area contributed by atoms with E-state index >= 15 is 0 Å². The molecule has 118 heavy (non-hydrogen) atoms. The van der Waals surface area contributed by atoms with Crippen LogP contribution in [0.3, 0.4) is 0 Å². The molecule has 0 spiro atoms. The first-order valence-corrected chi connectivity index (χ1v) is 41.0. The summed E-state index contributed by atoms with van der Waals surface area (Å²) in [7, 11) is 0. The molecule has 0 heterocycles. The quantitative estimate of drug-likeness (QED) is 0.0826. The lowest BCUT2D eigenvalue weighted by molar-refractivity contribution is 0.379. The van der Waals surface area contributed by atoms with Gasteiger partial charge in [-0.2, -0.15) is 0 Å². The SMILES string of the molecule is CCC(C)(C)c1cc(C#Cc2ccccc2)cc(-c2c(-c3ccccc3)c(-c3ccccc3)c(-c3ccc(Oc4ccc(-c5c(-c6ccccc6)c(-c6ccccc6)c6c(c5-c5ccccc5)C(c5ccccc5)C6(CC)c5cc(C#Cc6ccccc6)cc(C#Cc6ccccc6)c5)cc4)cc3)c(-c3ccccc3)c2-c2ccccc2)c1. The number of fused-ring (bicyclic) bond motifs is 1. The van der Waals surface area contributed by atoms with Gasteiger partial charge in [-0.05, 0) is 248 Å². The van der Waals surface area contributed by atoms with Crippen molar-refractivity contribution in [2.45, 2.75) is 57.3 Å². The van der Waals surface area contributed by atoms with E-state index in [1.165, 1.54) is 38.9 Å². The normalized spacial score (nSPS) is 13.2. The van der Waals surface area contributed by atoms with E-state index in [0.717, 1.165) is 158 Å². The van der Waals surface area contributed by atoms with Crippen LogP contribution in [-0.4, -0.2) is 0 Å². The van der Waals surface area contributed by atoms with Gasteiger partial charge < -0.3 is 4.74 Å². The highest BCUT2D eigenvalue weighted by Crippen LogP contribution is 2.69. The van der Waals surface area contributed by atoms with E-state index in [9.17, 15) is 0 Å². The van der Waals surface area contributed by atoms with Crippen molar-refractivity contribution in [3.05, 3.63) is 480 Å². The van der Waals surface area contributed by atoms with E-state index in [4.69, 9.17) is 4.74 Å². The van der Waals surface area contributed by atoms with Crippen LogP contribution in [0.5, 0.6) is 11.5 Å². The fourth-order valence-corrected chi connectivity index (χ4v) is 17.7. The second-order valence-electron chi connectivity index (χ2n) is 31.1. The summed E-state index contributed by atoms with van der Waals surface area (Å²) in [5.41, 5.74) is 33.8. The highest BCUT2D eigenvalue weighted by Gasteiger charge is 2.56. The maximum Gasteiger partial charge on any atom is 0.127 e. The molecule has 560 valence electrons. The van der Waals surface area contributed by atoms with Gasteiger partial charge in [0.2, 0.25) is 0 Å². The maximum absolute atomic E-state index is 7.18. The summed E-state index contributed by atoms with van der Waals surface area (Å²) in [4.78, 5) is 0. The fourth-order valence-electron chi connectivity index (χ4n) is 17.7. The van der Waals surface area contributed by atoms with E-state index in [0.29, 0.717) is 0 Å². The van der Waals surface area contributed by atoms with E-state index in [1.54, 1.807) is 0 Å². The average molecular weight is 1510 g/mol. The summed E-state index contributed by atoms with van der Waals surface area (Å²) in [6, 6.07) is 151. The monoisotopic (exact) mass is 1510 g/mol. The molecule has 0 aromatic heterocycles. The average Bonchev–Trinajstić information content (AvgIpc) is 0.661. The van der Waals surface area contributed by atoms with Gasteiger partial charge in [0.1, 0.15) is 11.5 Å². The summed E-state index contributed by atoms with van der Waals surface area (Å²) in [6.45, 7) is 9.38.